The molecular weight excluding hydrogens is 366 g/mol. The monoisotopic (exact) mass is 395 g/mol. The van der Waals surface area contributed by atoms with Gasteiger partial charge in [0, 0.05) is 11.8 Å². The summed E-state index contributed by atoms with van der Waals surface area (Å²) in [5.74, 6) is 1.30. The molecule has 28 heavy (non-hydrogen) atoms. The number of allylic oxidation sites excluding steroid dienone is 1. The van der Waals surface area contributed by atoms with Gasteiger partial charge in [0.05, 0.1) is 16.7 Å². The number of benzene rings is 1. The van der Waals surface area contributed by atoms with Crippen molar-refractivity contribution < 1.29 is 8.42 Å². The highest BCUT2D eigenvalue weighted by molar-refractivity contribution is 7.91. The summed E-state index contributed by atoms with van der Waals surface area (Å²) in [5, 5.41) is -0.259. The van der Waals surface area contributed by atoms with Crippen LogP contribution in [0, 0.1) is 11.8 Å². The van der Waals surface area contributed by atoms with Gasteiger partial charge in [0.1, 0.15) is 0 Å². The van der Waals surface area contributed by atoms with Crippen molar-refractivity contribution in [3.05, 3.63) is 59.3 Å². The molecule has 0 radical (unpaired) electrons. The van der Waals surface area contributed by atoms with Gasteiger partial charge in [-0.2, -0.15) is 0 Å². The summed E-state index contributed by atoms with van der Waals surface area (Å²) in [6.45, 7) is 3.58. The van der Waals surface area contributed by atoms with Crippen molar-refractivity contribution in [3.63, 3.8) is 0 Å². The second-order valence-corrected chi connectivity index (χ2v) is 11.2. The van der Waals surface area contributed by atoms with Gasteiger partial charge in [-0.15, -0.1) is 0 Å². The fourth-order valence-electron chi connectivity index (χ4n) is 4.54. The topological polar surface area (TPSA) is 47.0 Å². The van der Waals surface area contributed by atoms with Gasteiger partial charge < -0.3 is 0 Å². The molecule has 4 rings (SSSR count). The molecule has 0 N–H and O–H groups in total. The number of sulfone groups is 1. The number of rotatable bonds is 5. The molecule has 2 aliphatic rings. The van der Waals surface area contributed by atoms with E-state index in [1.165, 1.54) is 22.3 Å². The van der Waals surface area contributed by atoms with Crippen molar-refractivity contribution in [1.29, 1.82) is 0 Å². The van der Waals surface area contributed by atoms with E-state index in [4.69, 9.17) is 0 Å². The van der Waals surface area contributed by atoms with Gasteiger partial charge in [-0.3, -0.25) is 4.98 Å². The molecule has 0 aliphatic heterocycles. The zero-order valence-corrected chi connectivity index (χ0v) is 17.6. The van der Waals surface area contributed by atoms with E-state index < -0.39 is 9.84 Å². The lowest BCUT2D eigenvalue weighted by Crippen LogP contribution is -2.27. The molecule has 4 heteroatoms. The van der Waals surface area contributed by atoms with Gasteiger partial charge in [0.25, 0.3) is 0 Å². The van der Waals surface area contributed by atoms with Gasteiger partial charge in [0.2, 0.25) is 0 Å². The zero-order chi connectivity index (χ0) is 19.7. The molecule has 148 valence electrons. The molecule has 0 amide bonds. The summed E-state index contributed by atoms with van der Waals surface area (Å²) in [4.78, 5) is 4.46. The average Bonchev–Trinajstić information content (AvgIpc) is 3.12. The predicted molar refractivity (Wildman–Crippen MR) is 116 cm³/mol. The summed E-state index contributed by atoms with van der Waals surface area (Å²) in [6, 6.07) is 12.7. The van der Waals surface area contributed by atoms with E-state index in [1.807, 2.05) is 24.4 Å². The smallest absolute Gasteiger partial charge is 0.152 e. The number of nitrogens with zero attached hydrogens (tertiary/aromatic N) is 1. The summed E-state index contributed by atoms with van der Waals surface area (Å²) in [7, 11) is -2.93. The van der Waals surface area contributed by atoms with E-state index in [9.17, 15) is 8.42 Å². The van der Waals surface area contributed by atoms with Crippen LogP contribution in [-0.4, -0.2) is 24.4 Å². The van der Waals surface area contributed by atoms with Crippen molar-refractivity contribution in [2.45, 2.75) is 51.2 Å². The quantitative estimate of drug-likeness (QED) is 0.688. The van der Waals surface area contributed by atoms with Crippen LogP contribution >= 0.6 is 0 Å². The Bertz CT molecular complexity index is 969. The summed E-state index contributed by atoms with van der Waals surface area (Å²) in [5.41, 5.74) is 6.43. The van der Waals surface area contributed by atoms with Crippen LogP contribution in [0.15, 0.2) is 48.2 Å². The third-order valence-electron chi connectivity index (χ3n) is 6.40. The molecule has 0 saturated heterocycles. The highest BCUT2D eigenvalue weighted by Crippen LogP contribution is 2.40. The lowest BCUT2D eigenvalue weighted by molar-refractivity contribution is 0.320. The molecule has 0 bridgehead atoms. The maximum Gasteiger partial charge on any atom is 0.152 e. The Kier molecular flexibility index (Phi) is 5.42. The van der Waals surface area contributed by atoms with Crippen LogP contribution in [0.25, 0.3) is 17.3 Å². The van der Waals surface area contributed by atoms with E-state index in [1.54, 1.807) is 13.8 Å². The lowest BCUT2D eigenvalue weighted by Gasteiger charge is -2.29. The maximum atomic E-state index is 12.2. The molecule has 1 aromatic heterocycles. The molecular formula is C24H29NO2S. The van der Waals surface area contributed by atoms with Gasteiger partial charge in [0.15, 0.2) is 9.84 Å². The fourth-order valence-corrected chi connectivity index (χ4v) is 5.91. The Labute approximate surface area is 168 Å². The normalized spacial score (nSPS) is 22.2. The molecule has 2 aromatic rings. The van der Waals surface area contributed by atoms with Crippen LogP contribution in [0.5, 0.6) is 0 Å². The number of aromatic nitrogens is 1. The lowest BCUT2D eigenvalue weighted by atomic mass is 9.78. The van der Waals surface area contributed by atoms with Crippen LogP contribution in [0.2, 0.25) is 0 Å². The highest BCUT2D eigenvalue weighted by atomic mass is 32.2. The van der Waals surface area contributed by atoms with Gasteiger partial charge in [-0.05, 0) is 87.1 Å². The van der Waals surface area contributed by atoms with E-state index in [2.05, 4.69) is 29.3 Å². The molecule has 1 aromatic carbocycles. The van der Waals surface area contributed by atoms with Crippen LogP contribution in [0.4, 0.5) is 0 Å². The number of pyridine rings is 1. The Morgan fingerprint density at radius 2 is 1.86 bits per heavy atom. The zero-order valence-electron chi connectivity index (χ0n) is 16.8. The predicted octanol–water partition coefficient (Wildman–Crippen LogP) is 5.32. The molecule has 0 spiro atoms. The van der Waals surface area contributed by atoms with Gasteiger partial charge >= 0.3 is 0 Å². The third-order valence-corrected chi connectivity index (χ3v) is 8.77. The average molecular weight is 396 g/mol. The molecule has 1 heterocycles. The maximum absolute atomic E-state index is 12.2. The Morgan fingerprint density at radius 1 is 1.07 bits per heavy atom. The summed E-state index contributed by atoms with van der Waals surface area (Å²) < 4.78 is 24.4. The van der Waals surface area contributed by atoms with Crippen molar-refractivity contribution in [1.82, 2.24) is 4.98 Å². The summed E-state index contributed by atoms with van der Waals surface area (Å²) >= 11 is 0. The van der Waals surface area contributed by atoms with Crippen molar-refractivity contribution >= 4 is 15.9 Å². The Balaban J connectivity index is 1.42. The van der Waals surface area contributed by atoms with Crippen LogP contribution < -0.4 is 0 Å². The summed E-state index contributed by atoms with van der Waals surface area (Å²) in [6.07, 6.45) is 9.54. The van der Waals surface area contributed by atoms with Gasteiger partial charge in [-0.1, -0.05) is 29.8 Å². The van der Waals surface area contributed by atoms with Crippen LogP contribution in [0.1, 0.15) is 50.7 Å². The van der Waals surface area contributed by atoms with E-state index in [0.29, 0.717) is 17.6 Å². The van der Waals surface area contributed by atoms with Gasteiger partial charge in [-0.25, -0.2) is 8.42 Å². The molecule has 1 fully saturated rings. The van der Waals surface area contributed by atoms with E-state index >= 15 is 0 Å². The number of hydrogen-bond acceptors (Lipinski definition) is 3. The number of fused-ring (bicyclic) bond motifs is 1. The van der Waals surface area contributed by atoms with Crippen molar-refractivity contribution in [3.8, 4) is 11.3 Å². The SMILES string of the molecule is CC(C)S(=O)(=O)CC1CCC(C2=Cc3cc(-c4ccccn4)ccc3C2)CC1. The Hall–Kier alpha value is -1.94. The third kappa shape index (κ3) is 4.07. The largest absolute Gasteiger partial charge is 0.256 e. The van der Waals surface area contributed by atoms with Crippen LogP contribution in [-0.2, 0) is 16.3 Å². The van der Waals surface area contributed by atoms with E-state index in [-0.39, 0.29) is 5.25 Å². The standard InChI is InChI=1S/C24H29NO2S/c1-17(2)28(26,27)16-18-6-8-19(9-7-18)22-13-20-10-11-21(14-23(20)15-22)24-5-3-4-12-25-24/h3-5,10-12,14-15,17-19H,6-9,13,16H2,1-2H3. The Morgan fingerprint density at radius 3 is 2.54 bits per heavy atom. The van der Waals surface area contributed by atoms with Crippen molar-refractivity contribution in [2.75, 3.05) is 5.75 Å². The minimum atomic E-state index is -2.93. The van der Waals surface area contributed by atoms with Crippen molar-refractivity contribution in [2.24, 2.45) is 11.8 Å². The van der Waals surface area contributed by atoms with E-state index in [0.717, 1.165) is 37.8 Å². The number of hydrogen-bond donors (Lipinski definition) is 0. The second-order valence-electron chi connectivity index (χ2n) is 8.62. The first-order valence-electron chi connectivity index (χ1n) is 10.4. The first-order chi connectivity index (χ1) is 13.4. The fraction of sp³-hybridized carbons (Fsp3) is 0.458. The first kappa shape index (κ1) is 19.4. The molecule has 1 saturated carbocycles. The molecule has 0 unspecified atom stereocenters. The molecule has 2 aliphatic carbocycles. The minimum Gasteiger partial charge on any atom is -0.256 e. The van der Waals surface area contributed by atoms with Crippen LogP contribution in [0.3, 0.4) is 0 Å². The minimum absolute atomic E-state index is 0.259. The first-order valence-corrected chi connectivity index (χ1v) is 12.1. The molecule has 3 nitrogen and oxygen atoms in total. The molecule has 0 atom stereocenters. The highest BCUT2D eigenvalue weighted by Gasteiger charge is 2.30. The second kappa shape index (κ2) is 7.82.